The van der Waals surface area contributed by atoms with E-state index >= 15 is 0 Å². The van der Waals surface area contributed by atoms with Crippen LogP contribution >= 0.6 is 0 Å². The molecule has 1 aliphatic carbocycles. The Hall–Kier alpha value is -0.120. The summed E-state index contributed by atoms with van der Waals surface area (Å²) in [4.78, 5) is 0. The van der Waals surface area contributed by atoms with Gasteiger partial charge in [0.2, 0.25) is 0 Å². The Morgan fingerprint density at radius 3 is 2.44 bits per heavy atom. The molecule has 0 unspecified atom stereocenters. The topological polar surface area (TPSA) is 30.5 Å². The van der Waals surface area contributed by atoms with Crippen molar-refractivity contribution in [2.24, 2.45) is 5.92 Å². The fraction of sp³-hybridized carbons (Fsp3) is 1.00. The molecule has 0 heterocycles. The van der Waals surface area contributed by atoms with E-state index < -0.39 is 0 Å². The van der Waals surface area contributed by atoms with Crippen LogP contribution in [0.25, 0.3) is 0 Å². The molecule has 0 atom stereocenters. The lowest BCUT2D eigenvalue weighted by Gasteiger charge is -2.29. The molecule has 0 bridgehead atoms. The number of hydrogen-bond acceptors (Lipinski definition) is 3. The molecule has 3 nitrogen and oxygen atoms in total. The van der Waals surface area contributed by atoms with Gasteiger partial charge in [0, 0.05) is 13.2 Å². The molecule has 0 radical (unpaired) electrons. The first-order chi connectivity index (χ1) is 7.68. The summed E-state index contributed by atoms with van der Waals surface area (Å²) < 4.78 is 11.6. The third-order valence-corrected chi connectivity index (χ3v) is 3.10. The molecular formula is C13H27NO2. The van der Waals surface area contributed by atoms with Gasteiger partial charge in [0.25, 0.3) is 0 Å². The van der Waals surface area contributed by atoms with Crippen molar-refractivity contribution >= 4 is 0 Å². The standard InChI is InChI=1S/C13H27NO2/c1-12(2)10-15-8-9-16-13(11-14-3)6-4-5-7-13/h12,14H,4-11H2,1-3H3. The lowest BCUT2D eigenvalue weighted by Crippen LogP contribution is -2.40. The summed E-state index contributed by atoms with van der Waals surface area (Å²) in [6.45, 7) is 7.60. The van der Waals surface area contributed by atoms with Gasteiger partial charge >= 0.3 is 0 Å². The first kappa shape index (κ1) is 13.9. The van der Waals surface area contributed by atoms with Gasteiger partial charge in [-0.15, -0.1) is 0 Å². The molecule has 0 aromatic heterocycles. The third-order valence-electron chi connectivity index (χ3n) is 3.10. The lowest BCUT2D eigenvalue weighted by molar-refractivity contribution is -0.0638. The number of ether oxygens (including phenoxy) is 2. The molecule has 0 aliphatic heterocycles. The maximum absolute atomic E-state index is 6.03. The van der Waals surface area contributed by atoms with E-state index in [4.69, 9.17) is 9.47 Å². The zero-order chi connectivity index (χ0) is 11.9. The molecule has 16 heavy (non-hydrogen) atoms. The van der Waals surface area contributed by atoms with Gasteiger partial charge in [0.15, 0.2) is 0 Å². The average Bonchev–Trinajstić information content (AvgIpc) is 2.66. The Balaban J connectivity index is 2.13. The number of nitrogens with one attached hydrogen (secondary N) is 1. The summed E-state index contributed by atoms with van der Waals surface area (Å²) in [6, 6.07) is 0. The van der Waals surface area contributed by atoms with E-state index in [0.29, 0.717) is 5.92 Å². The summed E-state index contributed by atoms with van der Waals surface area (Å²) in [5, 5.41) is 3.24. The predicted octanol–water partition coefficient (Wildman–Crippen LogP) is 2.21. The Labute approximate surface area is 99.9 Å². The van der Waals surface area contributed by atoms with E-state index in [1.54, 1.807) is 0 Å². The second-order valence-electron chi connectivity index (χ2n) is 5.24. The minimum absolute atomic E-state index is 0.0932. The zero-order valence-corrected chi connectivity index (χ0v) is 11.1. The molecule has 1 saturated carbocycles. The van der Waals surface area contributed by atoms with Crippen molar-refractivity contribution in [1.82, 2.24) is 5.32 Å². The van der Waals surface area contributed by atoms with Crippen molar-refractivity contribution in [3.63, 3.8) is 0 Å². The van der Waals surface area contributed by atoms with Crippen molar-refractivity contribution in [3.8, 4) is 0 Å². The smallest absolute Gasteiger partial charge is 0.0807 e. The fourth-order valence-electron chi connectivity index (χ4n) is 2.35. The van der Waals surface area contributed by atoms with Gasteiger partial charge in [-0.1, -0.05) is 26.7 Å². The molecule has 0 spiro atoms. The highest BCUT2D eigenvalue weighted by Crippen LogP contribution is 2.32. The van der Waals surface area contributed by atoms with E-state index in [-0.39, 0.29) is 5.60 Å². The molecule has 1 aliphatic rings. The number of rotatable bonds is 8. The van der Waals surface area contributed by atoms with E-state index in [1.165, 1.54) is 25.7 Å². The number of hydrogen-bond donors (Lipinski definition) is 1. The van der Waals surface area contributed by atoms with Crippen LogP contribution in [-0.2, 0) is 9.47 Å². The largest absolute Gasteiger partial charge is 0.379 e. The van der Waals surface area contributed by atoms with Gasteiger partial charge in [0.05, 0.1) is 18.8 Å². The summed E-state index contributed by atoms with van der Waals surface area (Å²) >= 11 is 0. The van der Waals surface area contributed by atoms with Crippen LogP contribution in [-0.4, -0.2) is 39.0 Å². The maximum Gasteiger partial charge on any atom is 0.0807 e. The highest BCUT2D eigenvalue weighted by atomic mass is 16.5. The van der Waals surface area contributed by atoms with Gasteiger partial charge in [-0.2, -0.15) is 0 Å². The average molecular weight is 229 g/mol. The molecule has 0 aromatic carbocycles. The van der Waals surface area contributed by atoms with Crippen LogP contribution in [0.15, 0.2) is 0 Å². The number of likely N-dealkylation sites (N-methyl/N-ethyl adjacent to an activating group) is 1. The van der Waals surface area contributed by atoms with Crippen LogP contribution in [0, 0.1) is 5.92 Å². The van der Waals surface area contributed by atoms with Gasteiger partial charge in [-0.25, -0.2) is 0 Å². The van der Waals surface area contributed by atoms with E-state index in [9.17, 15) is 0 Å². The maximum atomic E-state index is 6.03. The van der Waals surface area contributed by atoms with Gasteiger partial charge in [-0.05, 0) is 25.8 Å². The van der Waals surface area contributed by atoms with Gasteiger partial charge in [0.1, 0.15) is 0 Å². The summed E-state index contributed by atoms with van der Waals surface area (Å²) in [5.74, 6) is 0.609. The second kappa shape index (κ2) is 7.25. The molecule has 0 saturated heterocycles. The normalized spacial score (nSPS) is 19.5. The monoisotopic (exact) mass is 229 g/mol. The Morgan fingerprint density at radius 1 is 1.19 bits per heavy atom. The molecule has 0 aromatic rings. The van der Waals surface area contributed by atoms with Crippen molar-refractivity contribution in [1.29, 1.82) is 0 Å². The quantitative estimate of drug-likeness (QED) is 0.647. The lowest BCUT2D eigenvalue weighted by atomic mass is 10.0. The van der Waals surface area contributed by atoms with Crippen molar-refractivity contribution < 1.29 is 9.47 Å². The van der Waals surface area contributed by atoms with Crippen LogP contribution in [0.2, 0.25) is 0 Å². The highest BCUT2D eigenvalue weighted by Gasteiger charge is 2.33. The molecule has 0 amide bonds. The summed E-state index contributed by atoms with van der Waals surface area (Å²) in [5.41, 5.74) is 0.0932. The highest BCUT2D eigenvalue weighted by molar-refractivity contribution is 4.88. The van der Waals surface area contributed by atoms with E-state index in [0.717, 1.165) is 26.4 Å². The summed E-state index contributed by atoms with van der Waals surface area (Å²) in [7, 11) is 2.00. The molecule has 1 N–H and O–H groups in total. The van der Waals surface area contributed by atoms with Crippen LogP contribution in [0.5, 0.6) is 0 Å². The fourth-order valence-corrected chi connectivity index (χ4v) is 2.35. The van der Waals surface area contributed by atoms with Gasteiger partial charge < -0.3 is 14.8 Å². The second-order valence-corrected chi connectivity index (χ2v) is 5.24. The molecular weight excluding hydrogens is 202 g/mol. The SMILES string of the molecule is CNCC1(OCCOCC(C)C)CCCC1. The molecule has 1 fully saturated rings. The van der Waals surface area contributed by atoms with E-state index in [1.807, 2.05) is 7.05 Å². The van der Waals surface area contributed by atoms with Crippen LogP contribution in [0.1, 0.15) is 39.5 Å². The molecule has 1 rings (SSSR count). The Morgan fingerprint density at radius 2 is 1.88 bits per heavy atom. The van der Waals surface area contributed by atoms with Crippen LogP contribution in [0.4, 0.5) is 0 Å². The molecule has 3 heteroatoms. The minimum Gasteiger partial charge on any atom is -0.379 e. The predicted molar refractivity (Wildman–Crippen MR) is 66.7 cm³/mol. The van der Waals surface area contributed by atoms with Crippen LogP contribution < -0.4 is 5.32 Å². The Bertz CT molecular complexity index is 177. The van der Waals surface area contributed by atoms with Crippen molar-refractivity contribution in [3.05, 3.63) is 0 Å². The minimum atomic E-state index is 0.0932. The zero-order valence-electron chi connectivity index (χ0n) is 11.1. The van der Waals surface area contributed by atoms with Crippen molar-refractivity contribution in [2.45, 2.75) is 45.1 Å². The van der Waals surface area contributed by atoms with Crippen LogP contribution in [0.3, 0.4) is 0 Å². The molecule has 96 valence electrons. The van der Waals surface area contributed by atoms with E-state index in [2.05, 4.69) is 19.2 Å². The Kier molecular flexibility index (Phi) is 6.32. The first-order valence-electron chi connectivity index (χ1n) is 6.55. The third kappa shape index (κ3) is 4.81. The first-order valence-corrected chi connectivity index (χ1v) is 6.55. The summed E-state index contributed by atoms with van der Waals surface area (Å²) in [6.07, 6.45) is 4.99. The van der Waals surface area contributed by atoms with Crippen molar-refractivity contribution in [2.75, 3.05) is 33.4 Å². The van der Waals surface area contributed by atoms with Gasteiger partial charge in [-0.3, -0.25) is 0 Å².